The molecule has 2 aromatic rings. The minimum Gasteiger partial charge on any atom is -0.352 e. The predicted octanol–water partition coefficient (Wildman–Crippen LogP) is 3.84. The quantitative estimate of drug-likeness (QED) is 0.739. The van der Waals surface area contributed by atoms with Crippen molar-refractivity contribution in [3.63, 3.8) is 0 Å². The van der Waals surface area contributed by atoms with E-state index in [2.05, 4.69) is 5.32 Å². The van der Waals surface area contributed by atoms with Gasteiger partial charge < -0.3 is 5.32 Å². The number of carbonyl (C=O) groups is 1. The maximum Gasteiger partial charge on any atom is 0.264 e. The average molecular weight is 395 g/mol. The molecule has 1 atom stereocenters. The average Bonchev–Trinajstić information content (AvgIpc) is 2.61. The second-order valence-corrected chi connectivity index (χ2v) is 8.36. The lowest BCUT2D eigenvalue weighted by Crippen LogP contribution is -2.43. The van der Waals surface area contributed by atoms with Crippen molar-refractivity contribution in [1.29, 1.82) is 0 Å². The first-order valence-electron chi connectivity index (χ1n) is 8.47. The van der Waals surface area contributed by atoms with Crippen LogP contribution in [-0.2, 0) is 14.8 Å². The molecule has 140 valence electrons. The molecule has 2 rings (SSSR count). The molecule has 7 heteroatoms. The third-order valence-electron chi connectivity index (χ3n) is 3.86. The summed E-state index contributed by atoms with van der Waals surface area (Å²) in [5, 5.41) is 3.34. The van der Waals surface area contributed by atoms with Gasteiger partial charge in [-0.05, 0) is 49.7 Å². The maximum absolute atomic E-state index is 13.1. The van der Waals surface area contributed by atoms with Gasteiger partial charge in [-0.3, -0.25) is 9.10 Å². The van der Waals surface area contributed by atoms with Gasteiger partial charge in [-0.25, -0.2) is 8.42 Å². The molecule has 0 aromatic heterocycles. The molecule has 26 heavy (non-hydrogen) atoms. The number of carbonyl (C=O) groups excluding carboxylic acids is 1. The molecule has 0 aliphatic heterocycles. The lowest BCUT2D eigenvalue weighted by Gasteiger charge is -2.25. The molecule has 5 nitrogen and oxygen atoms in total. The predicted molar refractivity (Wildman–Crippen MR) is 105 cm³/mol. The van der Waals surface area contributed by atoms with E-state index in [9.17, 15) is 13.2 Å². The molecule has 0 bridgehead atoms. The zero-order valence-electron chi connectivity index (χ0n) is 14.9. The van der Waals surface area contributed by atoms with Crippen molar-refractivity contribution in [2.75, 3.05) is 10.8 Å². The Kier molecular flexibility index (Phi) is 7.06. The SMILES string of the molecule is CCC[C@H](C)NC(=O)CN(c1ccc(Cl)cc1)S(=O)(=O)c1ccccc1. The van der Waals surface area contributed by atoms with Crippen molar-refractivity contribution in [2.24, 2.45) is 0 Å². The first kappa shape index (κ1) is 20.3. The number of nitrogens with zero attached hydrogens (tertiary/aromatic N) is 1. The van der Waals surface area contributed by atoms with Crippen LogP contribution in [0, 0.1) is 0 Å². The van der Waals surface area contributed by atoms with E-state index in [1.807, 2.05) is 13.8 Å². The third kappa shape index (κ3) is 5.22. The van der Waals surface area contributed by atoms with Gasteiger partial charge in [0, 0.05) is 11.1 Å². The van der Waals surface area contributed by atoms with Gasteiger partial charge in [-0.15, -0.1) is 0 Å². The Morgan fingerprint density at radius 3 is 2.31 bits per heavy atom. The fraction of sp³-hybridized carbons (Fsp3) is 0.316. The smallest absolute Gasteiger partial charge is 0.264 e. The van der Waals surface area contributed by atoms with Crippen molar-refractivity contribution in [3.05, 3.63) is 59.6 Å². The van der Waals surface area contributed by atoms with Crippen LogP contribution in [0.2, 0.25) is 5.02 Å². The van der Waals surface area contributed by atoms with Crippen molar-refractivity contribution >= 4 is 33.2 Å². The van der Waals surface area contributed by atoms with E-state index in [0.29, 0.717) is 10.7 Å². The molecular formula is C19H23ClN2O3S. The van der Waals surface area contributed by atoms with E-state index in [1.165, 1.54) is 12.1 Å². The Labute approximate surface area is 160 Å². The first-order chi connectivity index (χ1) is 12.3. The summed E-state index contributed by atoms with van der Waals surface area (Å²) in [5.74, 6) is -0.347. The van der Waals surface area contributed by atoms with E-state index in [1.54, 1.807) is 42.5 Å². The number of nitrogens with one attached hydrogen (secondary N) is 1. The van der Waals surface area contributed by atoms with Crippen LogP contribution in [0.25, 0.3) is 0 Å². The number of halogens is 1. The molecular weight excluding hydrogens is 372 g/mol. The van der Waals surface area contributed by atoms with Gasteiger partial charge in [0.25, 0.3) is 10.0 Å². The van der Waals surface area contributed by atoms with Gasteiger partial charge in [0.15, 0.2) is 0 Å². The zero-order chi connectivity index (χ0) is 19.2. The number of sulfonamides is 1. The fourth-order valence-corrected chi connectivity index (χ4v) is 4.17. The van der Waals surface area contributed by atoms with Crippen LogP contribution in [0.4, 0.5) is 5.69 Å². The van der Waals surface area contributed by atoms with Gasteiger partial charge in [-0.2, -0.15) is 0 Å². The van der Waals surface area contributed by atoms with E-state index in [0.717, 1.165) is 17.1 Å². The number of benzene rings is 2. The minimum atomic E-state index is -3.88. The highest BCUT2D eigenvalue weighted by atomic mass is 35.5. The molecule has 0 radical (unpaired) electrons. The van der Waals surface area contributed by atoms with Gasteiger partial charge >= 0.3 is 0 Å². The van der Waals surface area contributed by atoms with Crippen molar-refractivity contribution < 1.29 is 13.2 Å². The second-order valence-electron chi connectivity index (χ2n) is 6.06. The summed E-state index contributed by atoms with van der Waals surface area (Å²) < 4.78 is 27.3. The molecule has 0 unspecified atom stereocenters. The van der Waals surface area contributed by atoms with E-state index in [-0.39, 0.29) is 23.4 Å². The Balaban J connectivity index is 2.34. The summed E-state index contributed by atoms with van der Waals surface area (Å²) in [4.78, 5) is 12.5. The molecule has 0 saturated heterocycles. The van der Waals surface area contributed by atoms with Gasteiger partial charge in [0.05, 0.1) is 10.6 Å². The Morgan fingerprint density at radius 1 is 1.12 bits per heavy atom. The summed E-state index contributed by atoms with van der Waals surface area (Å²) in [6.07, 6.45) is 1.77. The Hall–Kier alpha value is -2.05. The molecule has 0 heterocycles. The summed E-state index contributed by atoms with van der Waals surface area (Å²) in [6.45, 7) is 3.63. The molecule has 1 amide bonds. The van der Waals surface area contributed by atoms with Crippen LogP contribution >= 0.6 is 11.6 Å². The normalized spacial score (nSPS) is 12.4. The van der Waals surface area contributed by atoms with Crippen LogP contribution in [-0.4, -0.2) is 26.9 Å². The van der Waals surface area contributed by atoms with Crippen molar-refractivity contribution in [2.45, 2.75) is 37.6 Å². The second kappa shape index (κ2) is 9.05. The van der Waals surface area contributed by atoms with Gasteiger partial charge in [-0.1, -0.05) is 43.1 Å². The van der Waals surface area contributed by atoms with Crippen molar-refractivity contribution in [1.82, 2.24) is 5.32 Å². The maximum atomic E-state index is 13.1. The number of hydrogen-bond donors (Lipinski definition) is 1. The molecule has 0 fully saturated rings. The highest BCUT2D eigenvalue weighted by molar-refractivity contribution is 7.92. The summed E-state index contributed by atoms with van der Waals surface area (Å²) in [7, 11) is -3.88. The van der Waals surface area contributed by atoms with Crippen LogP contribution in [0.15, 0.2) is 59.5 Å². The Bertz CT molecular complexity index is 824. The zero-order valence-corrected chi connectivity index (χ0v) is 16.4. The number of hydrogen-bond acceptors (Lipinski definition) is 3. The molecule has 2 aromatic carbocycles. The lowest BCUT2D eigenvalue weighted by molar-refractivity contribution is -0.120. The Morgan fingerprint density at radius 2 is 1.73 bits per heavy atom. The molecule has 0 saturated carbocycles. The van der Waals surface area contributed by atoms with E-state index < -0.39 is 10.0 Å². The fourth-order valence-electron chi connectivity index (χ4n) is 2.60. The van der Waals surface area contributed by atoms with Crippen LogP contribution in [0.3, 0.4) is 0 Å². The van der Waals surface area contributed by atoms with E-state index in [4.69, 9.17) is 11.6 Å². The monoisotopic (exact) mass is 394 g/mol. The van der Waals surface area contributed by atoms with Crippen LogP contribution < -0.4 is 9.62 Å². The number of anilines is 1. The van der Waals surface area contributed by atoms with Crippen LogP contribution in [0.1, 0.15) is 26.7 Å². The standard InChI is InChI=1S/C19H23ClN2O3S/c1-3-7-15(2)21-19(23)14-22(17-12-10-16(20)11-13-17)26(24,25)18-8-5-4-6-9-18/h4-6,8-13,15H,3,7,14H2,1-2H3,(H,21,23)/t15-/m0/s1. The molecule has 1 N–H and O–H groups in total. The largest absolute Gasteiger partial charge is 0.352 e. The van der Waals surface area contributed by atoms with Gasteiger partial charge in [0.1, 0.15) is 6.54 Å². The molecule has 0 spiro atoms. The number of amides is 1. The lowest BCUT2D eigenvalue weighted by atomic mass is 10.2. The topological polar surface area (TPSA) is 66.5 Å². The van der Waals surface area contributed by atoms with Crippen LogP contribution in [0.5, 0.6) is 0 Å². The highest BCUT2D eigenvalue weighted by Crippen LogP contribution is 2.25. The summed E-state index contributed by atoms with van der Waals surface area (Å²) in [6, 6.07) is 14.4. The summed E-state index contributed by atoms with van der Waals surface area (Å²) in [5.41, 5.74) is 0.386. The number of rotatable bonds is 8. The highest BCUT2D eigenvalue weighted by Gasteiger charge is 2.27. The summed E-state index contributed by atoms with van der Waals surface area (Å²) >= 11 is 5.91. The minimum absolute atomic E-state index is 0.0148. The molecule has 0 aliphatic rings. The van der Waals surface area contributed by atoms with E-state index >= 15 is 0 Å². The first-order valence-corrected chi connectivity index (χ1v) is 10.3. The molecule has 0 aliphatic carbocycles. The van der Waals surface area contributed by atoms with Crippen molar-refractivity contribution in [3.8, 4) is 0 Å². The third-order valence-corrected chi connectivity index (χ3v) is 5.90. The van der Waals surface area contributed by atoms with Gasteiger partial charge in [0.2, 0.25) is 5.91 Å².